The van der Waals surface area contributed by atoms with E-state index in [0.29, 0.717) is 0 Å². The van der Waals surface area contributed by atoms with E-state index < -0.39 is 0 Å². The molecule has 0 spiro atoms. The number of halogens is 1. The number of ether oxygens (including phenoxy) is 1. The number of rotatable bonds is 6. The highest BCUT2D eigenvalue weighted by molar-refractivity contribution is 14.0. The molecule has 1 aliphatic heterocycles. The predicted molar refractivity (Wildman–Crippen MR) is 138 cm³/mol. The van der Waals surface area contributed by atoms with Crippen molar-refractivity contribution in [3.63, 3.8) is 0 Å². The molecule has 1 N–H and O–H groups in total. The molecule has 1 fully saturated rings. The minimum Gasteiger partial charge on any atom is -0.497 e. The van der Waals surface area contributed by atoms with Gasteiger partial charge >= 0.3 is 0 Å². The average molecular weight is 523 g/mol. The van der Waals surface area contributed by atoms with Crippen LogP contribution in [0.3, 0.4) is 0 Å². The Bertz CT molecular complexity index is 801. The zero-order valence-corrected chi connectivity index (χ0v) is 20.8. The molecule has 30 heavy (non-hydrogen) atoms. The second-order valence-electron chi connectivity index (χ2n) is 7.46. The monoisotopic (exact) mass is 523 g/mol. The van der Waals surface area contributed by atoms with Gasteiger partial charge in [-0.15, -0.1) is 24.0 Å². The third kappa shape index (κ3) is 6.42. The summed E-state index contributed by atoms with van der Waals surface area (Å²) in [7, 11) is 7.70. The highest BCUT2D eigenvalue weighted by Crippen LogP contribution is 2.22. The fourth-order valence-electron chi connectivity index (χ4n) is 3.60. The van der Waals surface area contributed by atoms with Crippen molar-refractivity contribution < 1.29 is 4.74 Å². The Labute approximate surface area is 197 Å². The van der Waals surface area contributed by atoms with Gasteiger partial charge in [-0.25, -0.2) is 0 Å². The third-order valence-corrected chi connectivity index (χ3v) is 5.36. The SMILES string of the molecule is CN=C(NCCc1ccc(N(C)C)cc1)N1CCN(c2cccc(OC)c2)CC1.I. The number of methoxy groups -OCH3 is 1. The van der Waals surface area contributed by atoms with E-state index in [0.717, 1.165) is 50.9 Å². The van der Waals surface area contributed by atoms with E-state index in [-0.39, 0.29) is 24.0 Å². The Morgan fingerprint density at radius 2 is 1.77 bits per heavy atom. The Morgan fingerprint density at radius 1 is 1.07 bits per heavy atom. The molecule has 0 amide bonds. The zero-order chi connectivity index (χ0) is 20.6. The van der Waals surface area contributed by atoms with Crippen molar-refractivity contribution in [1.29, 1.82) is 0 Å². The Morgan fingerprint density at radius 3 is 2.37 bits per heavy atom. The van der Waals surface area contributed by atoms with Gasteiger partial charge in [-0.2, -0.15) is 0 Å². The summed E-state index contributed by atoms with van der Waals surface area (Å²) >= 11 is 0. The fraction of sp³-hybridized carbons (Fsp3) is 0.435. The zero-order valence-electron chi connectivity index (χ0n) is 18.5. The Hall–Kier alpha value is -2.16. The first-order valence-corrected chi connectivity index (χ1v) is 10.2. The van der Waals surface area contributed by atoms with Crippen LogP contribution < -0.4 is 19.9 Å². The number of guanidine groups is 1. The standard InChI is InChI=1S/C23H33N5O.HI/c1-24-23(25-13-12-19-8-10-20(11-9-19)26(2)3)28-16-14-27(15-17-28)21-6-5-7-22(18-21)29-4;/h5-11,18H,12-17H2,1-4H3,(H,24,25);1H. The Kier molecular flexibility index (Phi) is 9.55. The number of piperazine rings is 1. The van der Waals surface area contributed by atoms with Crippen LogP contribution in [0.2, 0.25) is 0 Å². The first kappa shape index (κ1) is 24.1. The molecule has 3 rings (SSSR count). The van der Waals surface area contributed by atoms with Gasteiger partial charge in [0, 0.05) is 71.3 Å². The van der Waals surface area contributed by atoms with Gasteiger partial charge in [-0.05, 0) is 36.2 Å². The van der Waals surface area contributed by atoms with Crippen LogP contribution in [0.4, 0.5) is 11.4 Å². The first-order chi connectivity index (χ1) is 14.1. The Balaban J connectivity index is 0.00000320. The molecule has 0 aromatic heterocycles. The van der Waals surface area contributed by atoms with Gasteiger partial charge < -0.3 is 24.8 Å². The van der Waals surface area contributed by atoms with Crippen LogP contribution in [-0.4, -0.2) is 71.8 Å². The number of nitrogens with one attached hydrogen (secondary N) is 1. The van der Waals surface area contributed by atoms with Crippen LogP contribution in [0.15, 0.2) is 53.5 Å². The number of nitrogens with zero attached hydrogens (tertiary/aromatic N) is 4. The lowest BCUT2D eigenvalue weighted by atomic mass is 10.1. The van der Waals surface area contributed by atoms with E-state index in [9.17, 15) is 0 Å². The van der Waals surface area contributed by atoms with Crippen LogP contribution in [-0.2, 0) is 6.42 Å². The van der Waals surface area contributed by atoms with E-state index in [4.69, 9.17) is 4.74 Å². The number of aliphatic imine (C=N–C) groups is 1. The maximum Gasteiger partial charge on any atom is 0.193 e. The minimum atomic E-state index is 0. The second kappa shape index (κ2) is 11.9. The molecule has 6 nitrogen and oxygen atoms in total. The molecular formula is C23H34IN5O. The summed E-state index contributed by atoms with van der Waals surface area (Å²) in [6.45, 7) is 4.73. The summed E-state index contributed by atoms with van der Waals surface area (Å²) in [5, 5.41) is 3.52. The third-order valence-electron chi connectivity index (χ3n) is 5.36. The fourth-order valence-corrected chi connectivity index (χ4v) is 3.60. The van der Waals surface area contributed by atoms with E-state index in [2.05, 4.69) is 75.5 Å². The first-order valence-electron chi connectivity index (χ1n) is 10.2. The van der Waals surface area contributed by atoms with Gasteiger partial charge in [0.05, 0.1) is 7.11 Å². The number of benzene rings is 2. The summed E-state index contributed by atoms with van der Waals surface area (Å²) < 4.78 is 5.35. The number of hydrogen-bond acceptors (Lipinski definition) is 4. The lowest BCUT2D eigenvalue weighted by molar-refractivity contribution is 0.372. The smallest absolute Gasteiger partial charge is 0.193 e. The summed E-state index contributed by atoms with van der Waals surface area (Å²) in [5.74, 6) is 1.89. The van der Waals surface area contributed by atoms with E-state index in [1.165, 1.54) is 16.9 Å². The summed E-state index contributed by atoms with van der Waals surface area (Å²) in [6, 6.07) is 17.0. The molecule has 0 bridgehead atoms. The highest BCUT2D eigenvalue weighted by Gasteiger charge is 2.20. The molecule has 0 radical (unpaired) electrons. The van der Waals surface area contributed by atoms with E-state index in [1.54, 1.807) is 7.11 Å². The molecule has 0 unspecified atom stereocenters. The molecule has 164 valence electrons. The molecule has 7 heteroatoms. The van der Waals surface area contributed by atoms with Crippen LogP contribution in [0, 0.1) is 0 Å². The van der Waals surface area contributed by atoms with Gasteiger partial charge in [-0.1, -0.05) is 18.2 Å². The van der Waals surface area contributed by atoms with Crippen molar-refractivity contribution in [2.75, 3.05) is 70.8 Å². The van der Waals surface area contributed by atoms with Crippen LogP contribution >= 0.6 is 24.0 Å². The van der Waals surface area contributed by atoms with Crippen molar-refractivity contribution in [3.8, 4) is 5.75 Å². The highest BCUT2D eigenvalue weighted by atomic mass is 127. The van der Waals surface area contributed by atoms with Gasteiger partial charge in [0.2, 0.25) is 0 Å². The molecule has 0 saturated carbocycles. The maximum atomic E-state index is 5.35. The van der Waals surface area contributed by atoms with E-state index in [1.807, 2.05) is 19.2 Å². The normalized spacial score (nSPS) is 14.2. The molecule has 1 saturated heterocycles. The van der Waals surface area contributed by atoms with Crippen molar-refractivity contribution >= 4 is 41.3 Å². The number of hydrogen-bond donors (Lipinski definition) is 1. The molecule has 2 aromatic rings. The lowest BCUT2D eigenvalue weighted by Crippen LogP contribution is -2.52. The van der Waals surface area contributed by atoms with Gasteiger partial charge in [0.1, 0.15) is 5.75 Å². The molecule has 0 aliphatic carbocycles. The summed E-state index contributed by atoms with van der Waals surface area (Å²) in [5.41, 5.74) is 3.78. The molecule has 1 heterocycles. The van der Waals surface area contributed by atoms with Crippen LogP contribution in [0.1, 0.15) is 5.56 Å². The number of anilines is 2. The van der Waals surface area contributed by atoms with Crippen LogP contribution in [0.25, 0.3) is 0 Å². The van der Waals surface area contributed by atoms with E-state index >= 15 is 0 Å². The average Bonchev–Trinajstić information content (AvgIpc) is 2.77. The van der Waals surface area contributed by atoms with Gasteiger partial charge in [0.15, 0.2) is 5.96 Å². The molecule has 1 aliphatic rings. The van der Waals surface area contributed by atoms with Crippen LogP contribution in [0.5, 0.6) is 5.75 Å². The van der Waals surface area contributed by atoms with Gasteiger partial charge in [-0.3, -0.25) is 4.99 Å². The molecule has 2 aromatic carbocycles. The topological polar surface area (TPSA) is 43.3 Å². The summed E-state index contributed by atoms with van der Waals surface area (Å²) in [4.78, 5) is 11.4. The largest absolute Gasteiger partial charge is 0.497 e. The minimum absolute atomic E-state index is 0. The van der Waals surface area contributed by atoms with Crippen molar-refractivity contribution in [2.24, 2.45) is 4.99 Å². The predicted octanol–water partition coefficient (Wildman–Crippen LogP) is 3.32. The quantitative estimate of drug-likeness (QED) is 0.358. The second-order valence-corrected chi connectivity index (χ2v) is 7.46. The van der Waals surface area contributed by atoms with Crippen molar-refractivity contribution in [2.45, 2.75) is 6.42 Å². The molecule has 0 atom stereocenters. The van der Waals surface area contributed by atoms with Gasteiger partial charge in [0.25, 0.3) is 0 Å². The maximum absolute atomic E-state index is 5.35. The molecular weight excluding hydrogens is 489 g/mol. The van der Waals surface area contributed by atoms with Crippen molar-refractivity contribution in [3.05, 3.63) is 54.1 Å². The summed E-state index contributed by atoms with van der Waals surface area (Å²) in [6.07, 6.45) is 0.983. The lowest BCUT2D eigenvalue weighted by Gasteiger charge is -2.37. The van der Waals surface area contributed by atoms with Crippen molar-refractivity contribution in [1.82, 2.24) is 10.2 Å².